The van der Waals surface area contributed by atoms with E-state index in [2.05, 4.69) is 9.73 Å². The van der Waals surface area contributed by atoms with Gasteiger partial charge in [-0.3, -0.25) is 5.41 Å². The van der Waals surface area contributed by atoms with Gasteiger partial charge in [-0.05, 0) is 44.5 Å². The average molecular weight is 369 g/mol. The van der Waals surface area contributed by atoms with Crippen LogP contribution >= 0.6 is 11.8 Å². The summed E-state index contributed by atoms with van der Waals surface area (Å²) in [5, 5.41) is 8.33. The molecule has 0 bridgehead atoms. The monoisotopic (exact) mass is 369 g/mol. The topological polar surface area (TPSA) is 75.0 Å². The van der Waals surface area contributed by atoms with Gasteiger partial charge in [0.25, 0.3) is 0 Å². The Morgan fingerprint density at radius 2 is 2.08 bits per heavy atom. The Morgan fingerprint density at radius 1 is 1.40 bits per heavy atom. The molecule has 0 aliphatic rings. The van der Waals surface area contributed by atoms with E-state index in [-0.39, 0.29) is 22.1 Å². The first kappa shape index (κ1) is 21.1. The number of nitrogens with zero attached hydrogens (tertiary/aromatic N) is 2. The highest BCUT2D eigenvalue weighted by molar-refractivity contribution is 8.15. The summed E-state index contributed by atoms with van der Waals surface area (Å²) in [5.74, 6) is -0.535. The molecule has 0 aromatic heterocycles. The zero-order chi connectivity index (χ0) is 19.0. The van der Waals surface area contributed by atoms with Gasteiger partial charge in [-0.15, -0.1) is 11.8 Å². The molecule has 1 aromatic carbocycles. The van der Waals surface area contributed by atoms with Crippen LogP contribution in [0.3, 0.4) is 0 Å². The molecule has 0 unspecified atom stereocenters. The van der Waals surface area contributed by atoms with E-state index in [9.17, 15) is 9.18 Å². The van der Waals surface area contributed by atoms with Gasteiger partial charge < -0.3 is 14.4 Å². The number of aryl methyl sites for hydroxylation is 1. The molecule has 0 saturated heterocycles. The maximum atomic E-state index is 14.8. The zero-order valence-corrected chi connectivity index (χ0v) is 16.0. The third-order valence-electron chi connectivity index (χ3n) is 3.35. The first-order valence-corrected chi connectivity index (χ1v) is 8.96. The molecule has 0 aliphatic heterocycles. The van der Waals surface area contributed by atoms with Crippen molar-refractivity contribution in [3.8, 4) is 5.75 Å². The minimum atomic E-state index is -0.830. The zero-order valence-electron chi connectivity index (χ0n) is 15.2. The summed E-state index contributed by atoms with van der Waals surface area (Å²) in [6, 6.07) is 3.22. The first-order chi connectivity index (χ1) is 11.8. The second-order valence-electron chi connectivity index (χ2n) is 5.43. The second-order valence-corrected chi connectivity index (χ2v) is 6.22. The van der Waals surface area contributed by atoms with Crippen LogP contribution in [0.4, 0.5) is 9.18 Å². The third kappa shape index (κ3) is 6.13. The lowest BCUT2D eigenvalue weighted by molar-refractivity contribution is 0.183. The Hall–Kier alpha value is -1.93. The number of ether oxygens (including phenoxy) is 2. The number of nitrogens with one attached hydrogen (secondary N) is 1. The van der Waals surface area contributed by atoms with Gasteiger partial charge >= 0.3 is 6.09 Å². The van der Waals surface area contributed by atoms with Crippen LogP contribution in [0.15, 0.2) is 17.1 Å². The lowest BCUT2D eigenvalue weighted by Crippen LogP contribution is -2.20. The maximum absolute atomic E-state index is 14.8. The van der Waals surface area contributed by atoms with E-state index in [0.29, 0.717) is 19.6 Å². The van der Waals surface area contributed by atoms with E-state index >= 15 is 0 Å². The van der Waals surface area contributed by atoms with E-state index < -0.39 is 11.9 Å². The van der Waals surface area contributed by atoms with Crippen LogP contribution in [-0.2, 0) is 11.2 Å². The summed E-state index contributed by atoms with van der Waals surface area (Å²) in [4.78, 5) is 17.0. The minimum absolute atomic E-state index is 0.0520. The van der Waals surface area contributed by atoms with Crippen molar-refractivity contribution in [3.63, 3.8) is 0 Å². The lowest BCUT2D eigenvalue weighted by atomic mass is 10.0. The van der Waals surface area contributed by atoms with Crippen molar-refractivity contribution in [2.24, 2.45) is 4.99 Å². The number of methoxy groups -OCH3 is 1. The molecule has 0 spiro atoms. The van der Waals surface area contributed by atoms with Crippen molar-refractivity contribution in [1.29, 1.82) is 5.41 Å². The summed E-state index contributed by atoms with van der Waals surface area (Å²) in [6.07, 6.45) is 1.49. The van der Waals surface area contributed by atoms with Gasteiger partial charge in [0.2, 0.25) is 0 Å². The number of hydrogen-bond donors (Lipinski definition) is 1. The Labute approximate surface area is 151 Å². The number of thioether (sulfide) groups is 1. The molecule has 0 aliphatic carbocycles. The van der Waals surface area contributed by atoms with Crippen LogP contribution in [0.5, 0.6) is 5.75 Å². The number of amides is 1. The summed E-state index contributed by atoms with van der Waals surface area (Å²) >= 11 is 1.08. The number of hydrogen-bond acceptors (Lipinski definition) is 6. The van der Waals surface area contributed by atoms with Gasteiger partial charge in [0, 0.05) is 12.1 Å². The van der Waals surface area contributed by atoms with Crippen molar-refractivity contribution >= 4 is 28.6 Å². The fraction of sp³-hybridized carbons (Fsp3) is 0.471. The van der Waals surface area contributed by atoms with Crippen molar-refractivity contribution < 1.29 is 18.7 Å². The van der Waals surface area contributed by atoms with Crippen molar-refractivity contribution in [2.45, 2.75) is 13.3 Å². The van der Waals surface area contributed by atoms with Crippen LogP contribution in [0.25, 0.3) is 0 Å². The molecule has 0 fully saturated rings. The molecule has 1 aromatic rings. The molecule has 0 radical (unpaired) electrons. The number of aliphatic imine (C=N–C) groups is 1. The molecule has 1 rings (SSSR count). The Balaban J connectivity index is 3.22. The number of benzene rings is 1. The quantitative estimate of drug-likeness (QED) is 0.590. The maximum Gasteiger partial charge on any atom is 0.434 e. The Morgan fingerprint density at radius 3 is 2.60 bits per heavy atom. The third-order valence-corrected chi connectivity index (χ3v) is 4.03. The van der Waals surface area contributed by atoms with E-state index in [0.717, 1.165) is 17.3 Å². The molecule has 25 heavy (non-hydrogen) atoms. The first-order valence-electron chi connectivity index (χ1n) is 7.73. The van der Waals surface area contributed by atoms with E-state index in [4.69, 9.17) is 10.1 Å². The number of likely N-dealkylation sites (N-methyl/N-ethyl adjacent to an activating group) is 1. The van der Waals surface area contributed by atoms with Crippen molar-refractivity contribution in [3.05, 3.63) is 29.1 Å². The summed E-state index contributed by atoms with van der Waals surface area (Å²) < 4.78 is 24.8. The van der Waals surface area contributed by atoms with Gasteiger partial charge in [0.1, 0.15) is 11.7 Å². The van der Waals surface area contributed by atoms with Crippen LogP contribution < -0.4 is 4.74 Å². The predicted octanol–water partition coefficient (Wildman–Crippen LogP) is 3.22. The van der Waals surface area contributed by atoms with Crippen molar-refractivity contribution in [2.75, 3.05) is 40.6 Å². The molecule has 0 saturated carbocycles. The van der Waals surface area contributed by atoms with Crippen LogP contribution in [-0.4, -0.2) is 62.4 Å². The molecular formula is C17H24FN3O3S. The summed E-state index contributed by atoms with van der Waals surface area (Å²) in [5.41, 5.74) is 0.707. The van der Waals surface area contributed by atoms with E-state index in [1.165, 1.54) is 7.11 Å². The number of rotatable bonds is 7. The fourth-order valence-corrected chi connectivity index (χ4v) is 2.41. The largest absolute Gasteiger partial charge is 0.489 e. The molecule has 0 heterocycles. The van der Waals surface area contributed by atoms with Crippen molar-refractivity contribution in [1.82, 2.24) is 4.90 Å². The smallest absolute Gasteiger partial charge is 0.434 e. The van der Waals surface area contributed by atoms with Crippen LogP contribution in [0.2, 0.25) is 0 Å². The van der Waals surface area contributed by atoms with Gasteiger partial charge in [0.15, 0.2) is 11.6 Å². The minimum Gasteiger partial charge on any atom is -0.489 e. The highest BCUT2D eigenvalue weighted by atomic mass is 32.2. The van der Waals surface area contributed by atoms with E-state index in [1.54, 1.807) is 18.4 Å². The molecule has 1 N–H and O–H groups in total. The molecule has 6 nitrogen and oxygen atoms in total. The Kier molecular flexibility index (Phi) is 8.57. The number of carbonyl (C=O) groups is 1. The van der Waals surface area contributed by atoms with Gasteiger partial charge in [-0.25, -0.2) is 9.18 Å². The fourth-order valence-electron chi connectivity index (χ4n) is 1.93. The highest BCUT2D eigenvalue weighted by Crippen LogP contribution is 2.25. The van der Waals surface area contributed by atoms with Gasteiger partial charge in [-0.1, -0.05) is 6.92 Å². The summed E-state index contributed by atoms with van der Waals surface area (Å²) in [6.45, 7) is 2.90. The molecule has 138 valence electrons. The second kappa shape index (κ2) is 10.1. The SMILES string of the molecule is CCc1cc(OCCN(C)C)c(F)c(C(=N)C(=NC(=O)OC)SC)c1. The van der Waals surface area contributed by atoms with Crippen LogP contribution in [0.1, 0.15) is 18.1 Å². The molecule has 0 atom stereocenters. The Bertz CT molecular complexity index is 663. The standard InChI is InChI=1S/C17H24FN3O3S/c1-6-11-9-12(15(19)16(25-5)20-17(22)23-4)14(18)13(10-11)24-8-7-21(2)3/h9-10,19H,6-8H2,1-5H3. The molecular weight excluding hydrogens is 345 g/mol. The average Bonchev–Trinajstić information content (AvgIpc) is 2.59. The molecule has 1 amide bonds. The van der Waals surface area contributed by atoms with Gasteiger partial charge in [-0.2, -0.15) is 4.99 Å². The molecule has 8 heteroatoms. The predicted molar refractivity (Wildman–Crippen MR) is 100 cm³/mol. The van der Waals surface area contributed by atoms with E-state index in [1.807, 2.05) is 25.9 Å². The highest BCUT2D eigenvalue weighted by Gasteiger charge is 2.20. The lowest BCUT2D eigenvalue weighted by Gasteiger charge is -2.15. The summed E-state index contributed by atoms with van der Waals surface area (Å²) in [7, 11) is 5.00. The number of carbonyl (C=O) groups excluding carboxylic acids is 1. The normalized spacial score (nSPS) is 11.6. The van der Waals surface area contributed by atoms with Gasteiger partial charge in [0.05, 0.1) is 12.8 Å². The number of halogens is 1. The van der Waals surface area contributed by atoms with Crippen LogP contribution in [0, 0.1) is 11.2 Å².